The van der Waals surface area contributed by atoms with E-state index in [1.807, 2.05) is 31.3 Å². The number of hydrogen-bond acceptors (Lipinski definition) is 4. The molecular formula is C17H28ClN5O2. The van der Waals surface area contributed by atoms with Gasteiger partial charge >= 0.3 is 0 Å². The Kier molecular flexibility index (Phi) is 6.84. The predicted octanol–water partition coefficient (Wildman–Crippen LogP) is 0.662. The number of likely N-dealkylation sites (tertiary alicyclic amines) is 1. The second-order valence-corrected chi connectivity index (χ2v) is 6.86. The monoisotopic (exact) mass is 369 g/mol. The normalized spacial score (nSPS) is 26.2. The molecule has 3 rings (SSSR count). The zero-order valence-electron chi connectivity index (χ0n) is 14.9. The van der Waals surface area contributed by atoms with Gasteiger partial charge in [-0.15, -0.1) is 12.4 Å². The summed E-state index contributed by atoms with van der Waals surface area (Å²) in [5.41, 5.74) is 1.12. The summed E-state index contributed by atoms with van der Waals surface area (Å²) in [5.74, 6) is 0.390. The van der Waals surface area contributed by atoms with Gasteiger partial charge in [0, 0.05) is 57.8 Å². The van der Waals surface area contributed by atoms with Gasteiger partial charge in [0.2, 0.25) is 11.8 Å². The number of aryl methyl sites for hydroxylation is 1. The van der Waals surface area contributed by atoms with Gasteiger partial charge in [0.15, 0.2) is 0 Å². The van der Waals surface area contributed by atoms with E-state index in [1.165, 1.54) is 0 Å². The van der Waals surface area contributed by atoms with E-state index in [4.69, 9.17) is 0 Å². The summed E-state index contributed by atoms with van der Waals surface area (Å²) < 4.78 is 1.78. The SMILES string of the molecule is CCC(=O)NC1CCCN(C(=O)[C@H]2CNC[C@@H]2c2cnn(C)c2)C1.Cl. The van der Waals surface area contributed by atoms with Crippen molar-refractivity contribution in [2.45, 2.75) is 38.1 Å². The van der Waals surface area contributed by atoms with Gasteiger partial charge < -0.3 is 15.5 Å². The molecule has 0 radical (unpaired) electrons. The fourth-order valence-electron chi connectivity index (χ4n) is 3.78. The van der Waals surface area contributed by atoms with Crippen molar-refractivity contribution < 1.29 is 9.59 Å². The third-order valence-electron chi connectivity index (χ3n) is 5.10. The molecule has 2 amide bonds. The molecule has 0 bridgehead atoms. The molecule has 140 valence electrons. The first-order valence-corrected chi connectivity index (χ1v) is 8.86. The number of carbonyl (C=O) groups is 2. The number of rotatable bonds is 4. The number of aromatic nitrogens is 2. The van der Waals surface area contributed by atoms with Crippen LogP contribution in [-0.2, 0) is 16.6 Å². The molecule has 1 aromatic heterocycles. The molecule has 2 fully saturated rings. The lowest BCUT2D eigenvalue weighted by molar-refractivity contribution is -0.137. The molecule has 2 aliphatic rings. The van der Waals surface area contributed by atoms with Crippen molar-refractivity contribution in [1.29, 1.82) is 0 Å². The van der Waals surface area contributed by atoms with Crippen LogP contribution in [0.4, 0.5) is 0 Å². The van der Waals surface area contributed by atoms with Gasteiger partial charge in [-0.3, -0.25) is 14.3 Å². The minimum absolute atomic E-state index is 0. The van der Waals surface area contributed by atoms with Crippen LogP contribution in [0.25, 0.3) is 0 Å². The molecule has 1 unspecified atom stereocenters. The molecule has 0 saturated carbocycles. The summed E-state index contributed by atoms with van der Waals surface area (Å²) in [6.45, 7) is 4.78. The predicted molar refractivity (Wildman–Crippen MR) is 97.6 cm³/mol. The van der Waals surface area contributed by atoms with Crippen LogP contribution in [0.2, 0.25) is 0 Å². The number of hydrogen-bond donors (Lipinski definition) is 2. The van der Waals surface area contributed by atoms with E-state index in [-0.39, 0.29) is 42.1 Å². The molecule has 7 nitrogen and oxygen atoms in total. The average Bonchev–Trinajstić information content (AvgIpc) is 3.22. The zero-order valence-corrected chi connectivity index (χ0v) is 15.7. The third-order valence-corrected chi connectivity index (χ3v) is 5.10. The molecule has 0 spiro atoms. The Morgan fingerprint density at radius 2 is 2.20 bits per heavy atom. The van der Waals surface area contributed by atoms with Gasteiger partial charge in [0.05, 0.1) is 12.1 Å². The first kappa shape index (κ1) is 19.7. The summed E-state index contributed by atoms with van der Waals surface area (Å²) >= 11 is 0. The van der Waals surface area contributed by atoms with Crippen molar-refractivity contribution in [3.05, 3.63) is 18.0 Å². The third kappa shape index (κ3) is 4.52. The minimum Gasteiger partial charge on any atom is -0.352 e. The second kappa shape index (κ2) is 8.67. The van der Waals surface area contributed by atoms with Gasteiger partial charge in [-0.25, -0.2) is 0 Å². The van der Waals surface area contributed by atoms with Crippen LogP contribution in [0.3, 0.4) is 0 Å². The smallest absolute Gasteiger partial charge is 0.227 e. The first-order chi connectivity index (χ1) is 11.6. The molecule has 0 aromatic carbocycles. The van der Waals surface area contributed by atoms with Crippen molar-refractivity contribution in [1.82, 2.24) is 25.3 Å². The lowest BCUT2D eigenvalue weighted by Crippen LogP contribution is -2.51. The molecule has 25 heavy (non-hydrogen) atoms. The summed E-state index contributed by atoms with van der Waals surface area (Å²) in [6.07, 6.45) is 6.24. The molecule has 3 atom stereocenters. The summed E-state index contributed by atoms with van der Waals surface area (Å²) in [4.78, 5) is 26.6. The molecule has 3 heterocycles. The van der Waals surface area contributed by atoms with Gasteiger partial charge in [-0.2, -0.15) is 5.10 Å². The highest BCUT2D eigenvalue weighted by Crippen LogP contribution is 2.30. The summed E-state index contributed by atoms with van der Waals surface area (Å²) in [7, 11) is 1.90. The number of nitrogens with one attached hydrogen (secondary N) is 2. The molecule has 0 aliphatic carbocycles. The second-order valence-electron chi connectivity index (χ2n) is 6.86. The maximum absolute atomic E-state index is 13.0. The van der Waals surface area contributed by atoms with E-state index in [2.05, 4.69) is 15.7 Å². The highest BCUT2D eigenvalue weighted by Gasteiger charge is 2.38. The van der Waals surface area contributed by atoms with E-state index in [1.54, 1.807) is 4.68 Å². The van der Waals surface area contributed by atoms with E-state index < -0.39 is 0 Å². The Morgan fingerprint density at radius 3 is 2.88 bits per heavy atom. The lowest BCUT2D eigenvalue weighted by atomic mass is 9.89. The van der Waals surface area contributed by atoms with Crippen LogP contribution in [0.1, 0.15) is 37.7 Å². The van der Waals surface area contributed by atoms with Crippen molar-refractivity contribution >= 4 is 24.2 Å². The maximum atomic E-state index is 13.0. The number of carbonyl (C=O) groups excluding carboxylic acids is 2. The Bertz CT molecular complexity index is 606. The van der Waals surface area contributed by atoms with Crippen molar-refractivity contribution in [3.63, 3.8) is 0 Å². The number of nitrogens with zero attached hydrogens (tertiary/aromatic N) is 3. The summed E-state index contributed by atoms with van der Waals surface area (Å²) in [5, 5.41) is 10.6. The molecule has 2 aliphatic heterocycles. The first-order valence-electron chi connectivity index (χ1n) is 8.86. The quantitative estimate of drug-likeness (QED) is 0.817. The largest absolute Gasteiger partial charge is 0.352 e. The fraction of sp³-hybridized carbons (Fsp3) is 0.706. The van der Waals surface area contributed by atoms with Crippen molar-refractivity contribution in [2.24, 2.45) is 13.0 Å². The Labute approximate surface area is 154 Å². The van der Waals surface area contributed by atoms with Gasteiger partial charge in [-0.05, 0) is 18.4 Å². The Balaban J connectivity index is 0.00000225. The minimum atomic E-state index is -0.0465. The molecule has 2 N–H and O–H groups in total. The molecule has 1 aromatic rings. The number of halogens is 1. The molecule has 8 heteroatoms. The van der Waals surface area contributed by atoms with Crippen LogP contribution in [-0.4, -0.2) is 58.7 Å². The number of amides is 2. The van der Waals surface area contributed by atoms with Crippen LogP contribution in [0.5, 0.6) is 0 Å². The van der Waals surface area contributed by atoms with E-state index in [0.29, 0.717) is 19.5 Å². The van der Waals surface area contributed by atoms with Crippen LogP contribution in [0, 0.1) is 5.92 Å². The van der Waals surface area contributed by atoms with E-state index in [9.17, 15) is 9.59 Å². The van der Waals surface area contributed by atoms with Gasteiger partial charge in [0.25, 0.3) is 0 Å². The van der Waals surface area contributed by atoms with Crippen LogP contribution in [0.15, 0.2) is 12.4 Å². The van der Waals surface area contributed by atoms with Crippen LogP contribution >= 0.6 is 12.4 Å². The fourth-order valence-corrected chi connectivity index (χ4v) is 3.78. The highest BCUT2D eigenvalue weighted by atomic mass is 35.5. The summed E-state index contributed by atoms with van der Waals surface area (Å²) in [6, 6.07) is 0.0846. The van der Waals surface area contributed by atoms with Crippen LogP contribution < -0.4 is 10.6 Å². The Morgan fingerprint density at radius 1 is 1.40 bits per heavy atom. The maximum Gasteiger partial charge on any atom is 0.227 e. The van der Waals surface area contributed by atoms with Crippen molar-refractivity contribution in [2.75, 3.05) is 26.2 Å². The van der Waals surface area contributed by atoms with Gasteiger partial charge in [-0.1, -0.05) is 6.92 Å². The topological polar surface area (TPSA) is 79.3 Å². The van der Waals surface area contributed by atoms with Crippen molar-refractivity contribution in [3.8, 4) is 0 Å². The number of piperidine rings is 1. The van der Waals surface area contributed by atoms with Gasteiger partial charge in [0.1, 0.15) is 0 Å². The van der Waals surface area contributed by atoms with E-state index >= 15 is 0 Å². The lowest BCUT2D eigenvalue weighted by Gasteiger charge is -2.35. The highest BCUT2D eigenvalue weighted by molar-refractivity contribution is 5.85. The average molecular weight is 370 g/mol. The molecular weight excluding hydrogens is 342 g/mol. The molecule has 2 saturated heterocycles. The van der Waals surface area contributed by atoms with E-state index in [0.717, 1.165) is 31.5 Å². The Hall–Kier alpha value is -1.60. The zero-order chi connectivity index (χ0) is 17.1. The standard InChI is InChI=1S/C17H27N5O2.ClH/c1-3-16(23)20-13-5-4-6-22(11-13)17(24)15-9-18-8-14(15)12-7-19-21(2)10-12;/h7,10,13-15,18H,3-6,8-9,11H2,1-2H3,(H,20,23);1H/t13?,14-,15+;/m1./s1.